The molecular formula is C18H20ClN3O5S2. The molecule has 156 valence electrons. The average Bonchev–Trinajstić information content (AvgIpc) is 2.70. The van der Waals surface area contributed by atoms with Gasteiger partial charge in [0.05, 0.1) is 17.8 Å². The Morgan fingerprint density at radius 3 is 2.55 bits per heavy atom. The number of hydrogen-bond donors (Lipinski definition) is 3. The molecule has 0 radical (unpaired) electrons. The Hall–Kier alpha value is -2.43. The molecule has 11 heteroatoms. The molecule has 2 amide bonds. The molecule has 2 aromatic rings. The number of thioether (sulfide) groups is 1. The van der Waals surface area contributed by atoms with Crippen LogP contribution in [0, 0.1) is 0 Å². The third kappa shape index (κ3) is 6.28. The van der Waals surface area contributed by atoms with Gasteiger partial charge in [0.2, 0.25) is 5.91 Å². The minimum atomic E-state index is -4.11. The van der Waals surface area contributed by atoms with E-state index in [1.165, 1.54) is 37.1 Å². The van der Waals surface area contributed by atoms with E-state index in [4.69, 9.17) is 16.3 Å². The van der Waals surface area contributed by atoms with Crippen LogP contribution in [0.4, 0.5) is 5.69 Å². The van der Waals surface area contributed by atoms with Crippen LogP contribution in [-0.2, 0) is 14.8 Å². The van der Waals surface area contributed by atoms with E-state index in [0.717, 1.165) is 6.07 Å². The zero-order chi connectivity index (χ0) is 21.4. The van der Waals surface area contributed by atoms with Gasteiger partial charge in [-0.15, -0.1) is 0 Å². The monoisotopic (exact) mass is 457 g/mol. The highest BCUT2D eigenvalue weighted by atomic mass is 35.5. The number of anilines is 1. The van der Waals surface area contributed by atoms with E-state index < -0.39 is 15.9 Å². The fraction of sp³-hybridized carbons (Fsp3) is 0.222. The molecular weight excluding hydrogens is 438 g/mol. The molecule has 0 aliphatic carbocycles. The molecule has 0 atom stereocenters. The minimum Gasteiger partial charge on any atom is -0.495 e. The van der Waals surface area contributed by atoms with E-state index >= 15 is 0 Å². The second kappa shape index (κ2) is 10.4. The number of ether oxygens (including phenoxy) is 1. The van der Waals surface area contributed by atoms with Gasteiger partial charge in [-0.3, -0.25) is 25.2 Å². The molecule has 0 saturated carbocycles. The van der Waals surface area contributed by atoms with Crippen LogP contribution in [0.25, 0.3) is 0 Å². The van der Waals surface area contributed by atoms with Crippen LogP contribution < -0.4 is 20.3 Å². The summed E-state index contributed by atoms with van der Waals surface area (Å²) in [5.41, 5.74) is 4.76. The lowest BCUT2D eigenvalue weighted by Gasteiger charge is -2.13. The van der Waals surface area contributed by atoms with Crippen LogP contribution in [0.15, 0.2) is 47.4 Å². The van der Waals surface area contributed by atoms with Gasteiger partial charge in [-0.2, -0.15) is 11.8 Å². The number of carbonyl (C=O) groups excluding carboxylic acids is 2. The van der Waals surface area contributed by atoms with Gasteiger partial charge in [0, 0.05) is 17.7 Å². The van der Waals surface area contributed by atoms with Gasteiger partial charge in [-0.25, -0.2) is 8.42 Å². The average molecular weight is 458 g/mol. The van der Waals surface area contributed by atoms with Crippen molar-refractivity contribution in [3.05, 3.63) is 53.1 Å². The van der Waals surface area contributed by atoms with Crippen molar-refractivity contribution in [2.24, 2.45) is 0 Å². The maximum Gasteiger partial charge on any atom is 0.269 e. The summed E-state index contributed by atoms with van der Waals surface area (Å²) in [4.78, 5) is 23.6. The molecule has 0 saturated heterocycles. The van der Waals surface area contributed by atoms with E-state index in [-0.39, 0.29) is 33.5 Å². The molecule has 0 bridgehead atoms. The first kappa shape index (κ1) is 22.9. The molecule has 2 rings (SSSR count). The number of halogens is 1. The van der Waals surface area contributed by atoms with Crippen LogP contribution in [0.2, 0.25) is 5.02 Å². The number of nitrogens with one attached hydrogen (secondary N) is 3. The number of sulfonamides is 1. The number of methoxy groups -OCH3 is 1. The Labute approximate surface area is 178 Å². The van der Waals surface area contributed by atoms with E-state index in [1.54, 1.807) is 18.2 Å². The summed E-state index contributed by atoms with van der Waals surface area (Å²) in [6, 6.07) is 10.3. The Bertz CT molecular complexity index is 999. The highest BCUT2D eigenvalue weighted by Crippen LogP contribution is 2.29. The topological polar surface area (TPSA) is 114 Å². The first-order valence-corrected chi connectivity index (χ1v) is 11.6. The predicted octanol–water partition coefficient (Wildman–Crippen LogP) is 2.66. The largest absolute Gasteiger partial charge is 0.495 e. The summed E-state index contributed by atoms with van der Waals surface area (Å²) in [6.07, 6.45) is 2.10. The predicted molar refractivity (Wildman–Crippen MR) is 114 cm³/mol. The Morgan fingerprint density at radius 2 is 1.86 bits per heavy atom. The molecule has 2 aromatic carbocycles. The van der Waals surface area contributed by atoms with Crippen LogP contribution >= 0.6 is 23.4 Å². The van der Waals surface area contributed by atoms with Gasteiger partial charge in [-0.05, 0) is 36.6 Å². The van der Waals surface area contributed by atoms with Crippen molar-refractivity contribution >= 4 is 50.9 Å². The van der Waals surface area contributed by atoms with Crippen molar-refractivity contribution < 1.29 is 22.7 Å². The molecule has 0 spiro atoms. The fourth-order valence-electron chi connectivity index (χ4n) is 2.24. The van der Waals surface area contributed by atoms with Crippen molar-refractivity contribution in [2.75, 3.05) is 23.8 Å². The molecule has 0 heterocycles. The molecule has 8 nitrogen and oxygen atoms in total. The van der Waals surface area contributed by atoms with Crippen molar-refractivity contribution in [3.8, 4) is 5.75 Å². The zero-order valence-electron chi connectivity index (χ0n) is 15.7. The van der Waals surface area contributed by atoms with Gasteiger partial charge < -0.3 is 4.74 Å². The Balaban J connectivity index is 2.21. The number of rotatable bonds is 8. The normalized spacial score (nSPS) is 10.9. The standard InChI is InChI=1S/C18H20ClN3O5S2/c1-27-15-6-4-3-5-14(15)22-29(25,26)16-11-12(7-8-13(16)19)18(24)21-20-17(23)9-10-28-2/h3-8,11,22H,9-10H2,1-2H3,(H,20,23)(H,21,24). The lowest BCUT2D eigenvalue weighted by molar-refractivity contribution is -0.121. The van der Waals surface area contributed by atoms with Gasteiger partial charge in [0.15, 0.2) is 0 Å². The lowest BCUT2D eigenvalue weighted by Crippen LogP contribution is -2.41. The number of amides is 2. The number of hydrogen-bond acceptors (Lipinski definition) is 6. The van der Waals surface area contributed by atoms with Crippen LogP contribution in [0.5, 0.6) is 5.75 Å². The van der Waals surface area contributed by atoms with Crippen LogP contribution in [0.1, 0.15) is 16.8 Å². The van der Waals surface area contributed by atoms with Crippen molar-refractivity contribution in [2.45, 2.75) is 11.3 Å². The fourth-order valence-corrected chi connectivity index (χ4v) is 4.22. The summed E-state index contributed by atoms with van der Waals surface area (Å²) in [5.74, 6) is -0.0889. The second-order valence-corrected chi connectivity index (χ2v) is 8.74. The summed E-state index contributed by atoms with van der Waals surface area (Å²) >= 11 is 7.56. The Kier molecular flexibility index (Phi) is 8.18. The first-order chi connectivity index (χ1) is 13.8. The number of hydrazine groups is 1. The van der Waals surface area contributed by atoms with E-state index in [9.17, 15) is 18.0 Å². The SMILES string of the molecule is COc1ccccc1NS(=O)(=O)c1cc(C(=O)NNC(=O)CCSC)ccc1Cl. The maximum atomic E-state index is 12.8. The molecule has 29 heavy (non-hydrogen) atoms. The first-order valence-electron chi connectivity index (χ1n) is 8.32. The molecule has 0 aliphatic rings. The molecule has 0 aliphatic heterocycles. The lowest BCUT2D eigenvalue weighted by atomic mass is 10.2. The van der Waals surface area contributed by atoms with Gasteiger partial charge in [0.1, 0.15) is 10.6 Å². The molecule has 0 unspecified atom stereocenters. The number of carbonyl (C=O) groups is 2. The highest BCUT2D eigenvalue weighted by molar-refractivity contribution is 7.98. The molecule has 0 aromatic heterocycles. The maximum absolute atomic E-state index is 12.8. The Morgan fingerprint density at radius 1 is 1.14 bits per heavy atom. The van der Waals surface area contributed by atoms with E-state index in [2.05, 4.69) is 15.6 Å². The molecule has 3 N–H and O–H groups in total. The summed E-state index contributed by atoms with van der Waals surface area (Å²) in [5, 5.41) is -0.0621. The summed E-state index contributed by atoms with van der Waals surface area (Å²) < 4.78 is 33.1. The summed E-state index contributed by atoms with van der Waals surface area (Å²) in [7, 11) is -2.69. The van der Waals surface area contributed by atoms with Gasteiger partial charge >= 0.3 is 0 Å². The highest BCUT2D eigenvalue weighted by Gasteiger charge is 2.22. The molecule has 0 fully saturated rings. The second-order valence-electron chi connectivity index (χ2n) is 5.70. The number of benzene rings is 2. The third-order valence-electron chi connectivity index (χ3n) is 3.68. The summed E-state index contributed by atoms with van der Waals surface area (Å²) in [6.45, 7) is 0. The van der Waals surface area contributed by atoms with E-state index in [0.29, 0.717) is 11.5 Å². The van der Waals surface area contributed by atoms with Crippen LogP contribution in [-0.4, -0.2) is 39.4 Å². The minimum absolute atomic E-state index is 0.0139. The van der Waals surface area contributed by atoms with Crippen molar-refractivity contribution in [1.82, 2.24) is 10.9 Å². The van der Waals surface area contributed by atoms with Crippen LogP contribution in [0.3, 0.4) is 0 Å². The smallest absolute Gasteiger partial charge is 0.269 e. The number of para-hydroxylation sites is 2. The zero-order valence-corrected chi connectivity index (χ0v) is 18.1. The van der Waals surface area contributed by atoms with Gasteiger partial charge in [-0.1, -0.05) is 23.7 Å². The quantitative estimate of drug-likeness (QED) is 0.525. The van der Waals surface area contributed by atoms with Crippen molar-refractivity contribution in [1.29, 1.82) is 0 Å². The third-order valence-corrected chi connectivity index (χ3v) is 6.14. The van der Waals surface area contributed by atoms with Crippen molar-refractivity contribution in [3.63, 3.8) is 0 Å². The van der Waals surface area contributed by atoms with E-state index in [1.807, 2.05) is 6.26 Å². The van der Waals surface area contributed by atoms with Gasteiger partial charge in [0.25, 0.3) is 15.9 Å².